The summed E-state index contributed by atoms with van der Waals surface area (Å²) in [5, 5.41) is 12.1. The lowest BCUT2D eigenvalue weighted by Gasteiger charge is -2.37. The molecule has 1 heterocycles. The Bertz CT molecular complexity index is 437. The highest BCUT2D eigenvalue weighted by Gasteiger charge is 2.39. The van der Waals surface area contributed by atoms with Gasteiger partial charge in [-0.3, -0.25) is 9.59 Å². The predicted octanol–water partition coefficient (Wildman–Crippen LogP) is 0.860. The monoisotopic (exact) mass is 296 g/mol. The van der Waals surface area contributed by atoms with E-state index in [2.05, 4.69) is 5.32 Å². The smallest absolute Gasteiger partial charge is 0.326 e. The fourth-order valence-corrected chi connectivity index (χ4v) is 3.10. The highest BCUT2D eigenvalue weighted by atomic mass is 16.4. The van der Waals surface area contributed by atoms with Crippen molar-refractivity contribution in [1.82, 2.24) is 10.2 Å². The molecule has 0 aromatic carbocycles. The Morgan fingerprint density at radius 3 is 2.48 bits per heavy atom. The molecule has 0 radical (unpaired) electrons. The van der Waals surface area contributed by atoms with E-state index in [4.69, 9.17) is 0 Å². The van der Waals surface area contributed by atoms with Crippen LogP contribution in [-0.2, 0) is 14.4 Å². The van der Waals surface area contributed by atoms with E-state index in [0.717, 1.165) is 19.3 Å². The summed E-state index contributed by atoms with van der Waals surface area (Å²) in [7, 11) is 0. The first-order valence-corrected chi connectivity index (χ1v) is 7.71. The largest absolute Gasteiger partial charge is 0.480 e. The molecule has 118 valence electrons. The minimum Gasteiger partial charge on any atom is -0.480 e. The van der Waals surface area contributed by atoms with E-state index in [-0.39, 0.29) is 36.6 Å². The molecule has 6 heteroatoms. The van der Waals surface area contributed by atoms with Crippen LogP contribution in [0, 0.1) is 17.8 Å². The second-order valence-electron chi connectivity index (χ2n) is 6.35. The van der Waals surface area contributed by atoms with Crippen LogP contribution in [0.25, 0.3) is 0 Å². The van der Waals surface area contributed by atoms with Crippen molar-refractivity contribution in [2.45, 2.75) is 45.6 Å². The van der Waals surface area contributed by atoms with Gasteiger partial charge in [-0.25, -0.2) is 4.79 Å². The Labute approximate surface area is 124 Å². The number of nitrogens with one attached hydrogen (secondary N) is 1. The molecule has 2 aliphatic rings. The minimum atomic E-state index is -0.939. The summed E-state index contributed by atoms with van der Waals surface area (Å²) in [4.78, 5) is 36.7. The van der Waals surface area contributed by atoms with Gasteiger partial charge in [0.15, 0.2) is 0 Å². The first-order valence-electron chi connectivity index (χ1n) is 7.71. The molecule has 0 aromatic rings. The van der Waals surface area contributed by atoms with E-state index in [9.17, 15) is 19.5 Å². The lowest BCUT2D eigenvalue weighted by molar-refractivity contribution is -0.154. The number of carboxylic acids is 1. The molecule has 1 saturated heterocycles. The summed E-state index contributed by atoms with van der Waals surface area (Å²) < 4.78 is 0. The number of likely N-dealkylation sites (tertiary alicyclic amines) is 1. The lowest BCUT2D eigenvalue weighted by atomic mass is 9.90. The van der Waals surface area contributed by atoms with Gasteiger partial charge in [-0.2, -0.15) is 0 Å². The van der Waals surface area contributed by atoms with Gasteiger partial charge in [-0.1, -0.05) is 13.8 Å². The van der Waals surface area contributed by atoms with Crippen molar-refractivity contribution >= 4 is 17.8 Å². The zero-order chi connectivity index (χ0) is 15.6. The third-order valence-corrected chi connectivity index (χ3v) is 4.59. The van der Waals surface area contributed by atoms with Crippen LogP contribution in [0.1, 0.15) is 39.5 Å². The van der Waals surface area contributed by atoms with Crippen molar-refractivity contribution < 1.29 is 19.5 Å². The van der Waals surface area contributed by atoms with Crippen LogP contribution < -0.4 is 5.32 Å². The van der Waals surface area contributed by atoms with Crippen LogP contribution in [0.4, 0.5) is 0 Å². The van der Waals surface area contributed by atoms with Gasteiger partial charge in [-0.15, -0.1) is 0 Å². The summed E-state index contributed by atoms with van der Waals surface area (Å²) >= 11 is 0. The SMILES string of the molecule is CC1CC1C(=O)NCCC(=O)N1CCCC(C)C1C(=O)O. The van der Waals surface area contributed by atoms with Gasteiger partial charge in [0, 0.05) is 25.4 Å². The zero-order valence-corrected chi connectivity index (χ0v) is 12.7. The lowest BCUT2D eigenvalue weighted by Crippen LogP contribution is -2.52. The minimum absolute atomic E-state index is 0.0112. The number of nitrogens with zero attached hydrogens (tertiary/aromatic N) is 1. The van der Waals surface area contributed by atoms with Crippen molar-refractivity contribution in [2.75, 3.05) is 13.1 Å². The molecule has 2 N–H and O–H groups in total. The van der Waals surface area contributed by atoms with Crippen LogP contribution >= 0.6 is 0 Å². The van der Waals surface area contributed by atoms with Gasteiger partial charge in [-0.05, 0) is 31.1 Å². The van der Waals surface area contributed by atoms with Crippen molar-refractivity contribution in [1.29, 1.82) is 0 Å². The third-order valence-electron chi connectivity index (χ3n) is 4.59. The van der Waals surface area contributed by atoms with Crippen molar-refractivity contribution in [2.24, 2.45) is 17.8 Å². The van der Waals surface area contributed by atoms with E-state index in [1.807, 2.05) is 13.8 Å². The predicted molar refractivity (Wildman–Crippen MR) is 76.4 cm³/mol. The molecule has 2 rings (SSSR count). The van der Waals surface area contributed by atoms with Gasteiger partial charge in [0.2, 0.25) is 11.8 Å². The molecule has 4 unspecified atom stereocenters. The first kappa shape index (κ1) is 15.8. The standard InChI is InChI=1S/C15H24N2O4/c1-9-4-3-7-17(13(9)15(20)21)12(18)5-6-16-14(19)11-8-10(11)2/h9-11,13H,3-8H2,1-2H3,(H,16,19)(H,20,21). The van der Waals surface area contributed by atoms with Crippen LogP contribution in [0.15, 0.2) is 0 Å². The number of rotatable bonds is 5. The fraction of sp³-hybridized carbons (Fsp3) is 0.800. The van der Waals surface area contributed by atoms with Crippen molar-refractivity contribution in [3.05, 3.63) is 0 Å². The molecule has 0 bridgehead atoms. The Hall–Kier alpha value is -1.59. The fourth-order valence-electron chi connectivity index (χ4n) is 3.10. The van der Waals surface area contributed by atoms with Crippen molar-refractivity contribution in [3.8, 4) is 0 Å². The van der Waals surface area contributed by atoms with Crippen LogP contribution in [0.3, 0.4) is 0 Å². The first-order chi connectivity index (χ1) is 9.91. The average molecular weight is 296 g/mol. The molecule has 4 atom stereocenters. The Kier molecular flexibility index (Phi) is 4.85. The summed E-state index contributed by atoms with van der Waals surface area (Å²) in [6.45, 7) is 4.68. The van der Waals surface area contributed by atoms with Gasteiger partial charge >= 0.3 is 5.97 Å². The van der Waals surface area contributed by atoms with Crippen LogP contribution in [0.5, 0.6) is 0 Å². The third kappa shape index (κ3) is 3.74. The van der Waals surface area contributed by atoms with E-state index in [0.29, 0.717) is 12.5 Å². The molecule has 21 heavy (non-hydrogen) atoms. The number of amides is 2. The average Bonchev–Trinajstić information content (AvgIpc) is 3.15. The number of piperidine rings is 1. The number of hydrogen-bond acceptors (Lipinski definition) is 3. The summed E-state index contributed by atoms with van der Waals surface area (Å²) in [5.41, 5.74) is 0. The Morgan fingerprint density at radius 2 is 1.90 bits per heavy atom. The molecule has 6 nitrogen and oxygen atoms in total. The molecular weight excluding hydrogens is 272 g/mol. The molecule has 2 amide bonds. The van der Waals surface area contributed by atoms with E-state index in [1.54, 1.807) is 0 Å². The molecular formula is C15H24N2O4. The summed E-state index contributed by atoms with van der Waals surface area (Å²) in [6.07, 6.45) is 2.76. The highest BCUT2D eigenvalue weighted by Crippen LogP contribution is 2.37. The number of aliphatic carboxylic acids is 1. The number of carboxylic acid groups (broad SMARTS) is 1. The molecule has 2 fully saturated rings. The Balaban J connectivity index is 1.81. The maximum atomic E-state index is 12.2. The van der Waals surface area contributed by atoms with E-state index >= 15 is 0 Å². The van der Waals surface area contributed by atoms with Gasteiger partial charge < -0.3 is 15.3 Å². The summed E-state index contributed by atoms with van der Waals surface area (Å²) in [5.74, 6) is -0.592. The van der Waals surface area contributed by atoms with Crippen molar-refractivity contribution in [3.63, 3.8) is 0 Å². The molecule has 1 aliphatic heterocycles. The molecule has 1 aliphatic carbocycles. The maximum Gasteiger partial charge on any atom is 0.326 e. The van der Waals surface area contributed by atoms with Crippen LogP contribution in [0.2, 0.25) is 0 Å². The quantitative estimate of drug-likeness (QED) is 0.788. The van der Waals surface area contributed by atoms with Gasteiger partial charge in [0.25, 0.3) is 0 Å². The number of carbonyl (C=O) groups excluding carboxylic acids is 2. The second-order valence-corrected chi connectivity index (χ2v) is 6.35. The Morgan fingerprint density at radius 1 is 1.24 bits per heavy atom. The normalized spacial score (nSPS) is 31.6. The van der Waals surface area contributed by atoms with Gasteiger partial charge in [0.05, 0.1) is 0 Å². The van der Waals surface area contributed by atoms with E-state index in [1.165, 1.54) is 4.90 Å². The topological polar surface area (TPSA) is 86.7 Å². The molecule has 0 spiro atoms. The number of carbonyl (C=O) groups is 3. The summed E-state index contributed by atoms with van der Waals surface area (Å²) in [6, 6.07) is -0.731. The molecule has 0 aromatic heterocycles. The van der Waals surface area contributed by atoms with E-state index < -0.39 is 12.0 Å². The molecule has 1 saturated carbocycles. The zero-order valence-electron chi connectivity index (χ0n) is 12.7. The second kappa shape index (κ2) is 6.45. The van der Waals surface area contributed by atoms with Crippen LogP contribution in [-0.4, -0.2) is 46.9 Å². The maximum absolute atomic E-state index is 12.2. The number of hydrogen-bond donors (Lipinski definition) is 2. The van der Waals surface area contributed by atoms with Gasteiger partial charge in [0.1, 0.15) is 6.04 Å². The highest BCUT2D eigenvalue weighted by molar-refractivity contribution is 5.85.